The Hall–Kier alpha value is -1.10. The maximum Gasteiger partial charge on any atom is 0.175 e. The molecule has 1 rings (SSSR count). The lowest BCUT2D eigenvalue weighted by Gasteiger charge is -2.13. The highest BCUT2D eigenvalue weighted by Gasteiger charge is 2.17. The molecule has 0 N–H and O–H groups in total. The fraction of sp³-hybridized carbons (Fsp3) is 0.364. The molecule has 0 unspecified atom stereocenters. The summed E-state index contributed by atoms with van der Waals surface area (Å²) in [6.07, 6.45) is 1.35. The molecule has 0 saturated carbocycles. The van der Waals surface area contributed by atoms with Gasteiger partial charge in [0.15, 0.2) is 11.5 Å². The van der Waals surface area contributed by atoms with Crippen LogP contribution in [0.3, 0.4) is 0 Å². The first kappa shape index (κ1) is 13.0. The average Bonchev–Trinajstić information content (AvgIpc) is 2.28. The Morgan fingerprint density at radius 3 is 2.62 bits per heavy atom. The van der Waals surface area contributed by atoms with E-state index in [4.69, 9.17) is 9.47 Å². The molecule has 0 aliphatic carbocycles. The molecule has 0 aromatic heterocycles. The maximum atomic E-state index is 13.7. The monoisotopic (exact) mass is 290 g/mol. The molecular weight excluding hydrogens is 279 g/mol. The summed E-state index contributed by atoms with van der Waals surface area (Å²) in [5.74, 6) is 0.345. The van der Waals surface area contributed by atoms with Crippen molar-refractivity contribution in [2.45, 2.75) is 12.8 Å². The van der Waals surface area contributed by atoms with Crippen molar-refractivity contribution in [2.24, 2.45) is 0 Å². The SMILES string of the molecule is COc1cc(F)c(CCC=O)c(Br)c1OC. The molecule has 0 spiro atoms. The lowest BCUT2D eigenvalue weighted by Crippen LogP contribution is -1.99. The quantitative estimate of drug-likeness (QED) is 0.782. The normalized spacial score (nSPS) is 10.0. The number of carbonyl (C=O) groups excluding carboxylic acids is 1. The van der Waals surface area contributed by atoms with Crippen molar-refractivity contribution in [1.29, 1.82) is 0 Å². The molecule has 0 saturated heterocycles. The maximum absolute atomic E-state index is 13.7. The Labute approximate surface area is 102 Å². The minimum Gasteiger partial charge on any atom is -0.493 e. The topological polar surface area (TPSA) is 35.5 Å². The lowest BCUT2D eigenvalue weighted by atomic mass is 10.1. The molecule has 0 fully saturated rings. The van der Waals surface area contributed by atoms with Crippen molar-refractivity contribution in [1.82, 2.24) is 0 Å². The summed E-state index contributed by atoms with van der Waals surface area (Å²) in [6, 6.07) is 1.25. The molecule has 3 nitrogen and oxygen atoms in total. The summed E-state index contributed by atoms with van der Waals surface area (Å²) in [5.41, 5.74) is 0.421. The minimum absolute atomic E-state index is 0.269. The van der Waals surface area contributed by atoms with Crippen molar-refractivity contribution in [2.75, 3.05) is 14.2 Å². The van der Waals surface area contributed by atoms with Crippen molar-refractivity contribution in [3.8, 4) is 11.5 Å². The van der Waals surface area contributed by atoms with Crippen molar-refractivity contribution in [3.63, 3.8) is 0 Å². The highest BCUT2D eigenvalue weighted by atomic mass is 79.9. The number of hydrogen-bond acceptors (Lipinski definition) is 3. The third-order valence-electron chi connectivity index (χ3n) is 2.17. The summed E-state index contributed by atoms with van der Waals surface area (Å²) in [7, 11) is 2.92. The molecule has 16 heavy (non-hydrogen) atoms. The average molecular weight is 291 g/mol. The smallest absolute Gasteiger partial charge is 0.175 e. The van der Waals surface area contributed by atoms with E-state index in [0.29, 0.717) is 28.0 Å². The van der Waals surface area contributed by atoms with Crippen LogP contribution in [0, 0.1) is 5.82 Å². The largest absolute Gasteiger partial charge is 0.493 e. The molecule has 0 heterocycles. The summed E-state index contributed by atoms with van der Waals surface area (Å²) in [5, 5.41) is 0. The Morgan fingerprint density at radius 2 is 2.12 bits per heavy atom. The number of rotatable bonds is 5. The number of carbonyl (C=O) groups is 1. The van der Waals surface area contributed by atoms with Crippen LogP contribution in [-0.4, -0.2) is 20.5 Å². The Bertz CT molecular complexity index is 393. The van der Waals surface area contributed by atoms with Gasteiger partial charge in [0.2, 0.25) is 0 Å². The lowest BCUT2D eigenvalue weighted by molar-refractivity contribution is -0.107. The fourth-order valence-electron chi connectivity index (χ4n) is 1.39. The van der Waals surface area contributed by atoms with Crippen LogP contribution in [0.25, 0.3) is 0 Å². The van der Waals surface area contributed by atoms with E-state index in [1.807, 2.05) is 0 Å². The number of halogens is 2. The van der Waals surface area contributed by atoms with Gasteiger partial charge in [-0.25, -0.2) is 4.39 Å². The molecular formula is C11H12BrFO3. The minimum atomic E-state index is -0.411. The number of ether oxygens (including phenoxy) is 2. The van der Waals surface area contributed by atoms with Crippen LogP contribution < -0.4 is 9.47 Å². The molecule has 0 amide bonds. The summed E-state index contributed by atoms with van der Waals surface area (Å²) in [4.78, 5) is 10.3. The van der Waals surface area contributed by atoms with Crippen LogP contribution in [0.4, 0.5) is 4.39 Å². The second kappa shape index (κ2) is 5.84. The summed E-state index contributed by atoms with van der Waals surface area (Å²) >= 11 is 3.25. The van der Waals surface area contributed by atoms with Gasteiger partial charge in [0.25, 0.3) is 0 Å². The second-order valence-corrected chi connectivity index (χ2v) is 3.88. The summed E-state index contributed by atoms with van der Waals surface area (Å²) in [6.45, 7) is 0. The Kier molecular flexibility index (Phi) is 4.73. The van der Waals surface area contributed by atoms with Gasteiger partial charge in [0.05, 0.1) is 18.7 Å². The predicted molar refractivity (Wildman–Crippen MR) is 61.6 cm³/mol. The predicted octanol–water partition coefficient (Wildman–Crippen LogP) is 2.74. The van der Waals surface area contributed by atoms with E-state index in [0.717, 1.165) is 6.29 Å². The highest BCUT2D eigenvalue weighted by molar-refractivity contribution is 9.10. The van der Waals surface area contributed by atoms with Gasteiger partial charge >= 0.3 is 0 Å². The number of methoxy groups -OCH3 is 2. The number of benzene rings is 1. The van der Waals surface area contributed by atoms with Crippen molar-refractivity contribution < 1.29 is 18.7 Å². The molecule has 0 aliphatic heterocycles. The van der Waals surface area contributed by atoms with Crippen LogP contribution in [0.15, 0.2) is 10.5 Å². The van der Waals surface area contributed by atoms with Gasteiger partial charge in [-0.2, -0.15) is 0 Å². The van der Waals surface area contributed by atoms with Crippen LogP contribution in [0.2, 0.25) is 0 Å². The van der Waals surface area contributed by atoms with Crippen LogP contribution in [-0.2, 0) is 11.2 Å². The van der Waals surface area contributed by atoms with E-state index in [2.05, 4.69) is 15.9 Å². The zero-order valence-electron chi connectivity index (χ0n) is 9.05. The zero-order chi connectivity index (χ0) is 12.1. The third kappa shape index (κ3) is 2.52. The molecule has 0 atom stereocenters. The molecule has 0 bridgehead atoms. The highest BCUT2D eigenvalue weighted by Crippen LogP contribution is 2.39. The van der Waals surface area contributed by atoms with Gasteiger partial charge in [-0.15, -0.1) is 0 Å². The standard InChI is InChI=1S/C11H12BrFO3/c1-15-9-6-8(13)7(4-3-5-14)10(12)11(9)16-2/h5-6H,3-4H2,1-2H3. The Balaban J connectivity index is 3.23. The van der Waals surface area contributed by atoms with E-state index >= 15 is 0 Å². The van der Waals surface area contributed by atoms with Gasteiger partial charge < -0.3 is 14.3 Å². The van der Waals surface area contributed by atoms with E-state index in [9.17, 15) is 9.18 Å². The number of hydrogen-bond donors (Lipinski definition) is 0. The van der Waals surface area contributed by atoms with Gasteiger partial charge in [-0.3, -0.25) is 0 Å². The first-order valence-corrected chi connectivity index (χ1v) is 5.47. The fourth-order valence-corrected chi connectivity index (χ4v) is 2.14. The third-order valence-corrected chi connectivity index (χ3v) is 3.01. The van der Waals surface area contributed by atoms with E-state index in [1.54, 1.807) is 0 Å². The molecule has 0 radical (unpaired) electrons. The number of aldehydes is 1. The van der Waals surface area contributed by atoms with Gasteiger partial charge in [0, 0.05) is 18.1 Å². The first-order valence-electron chi connectivity index (χ1n) is 4.68. The van der Waals surface area contributed by atoms with Crippen LogP contribution >= 0.6 is 15.9 Å². The molecule has 1 aromatic carbocycles. The zero-order valence-corrected chi connectivity index (χ0v) is 10.6. The van der Waals surface area contributed by atoms with E-state index in [1.165, 1.54) is 20.3 Å². The van der Waals surface area contributed by atoms with E-state index in [-0.39, 0.29) is 6.42 Å². The van der Waals surface area contributed by atoms with Gasteiger partial charge in [-0.1, -0.05) is 0 Å². The van der Waals surface area contributed by atoms with Crippen molar-refractivity contribution >= 4 is 22.2 Å². The van der Waals surface area contributed by atoms with Crippen LogP contribution in [0.1, 0.15) is 12.0 Å². The van der Waals surface area contributed by atoms with Crippen LogP contribution in [0.5, 0.6) is 11.5 Å². The molecule has 1 aromatic rings. The van der Waals surface area contributed by atoms with Crippen molar-refractivity contribution in [3.05, 3.63) is 21.9 Å². The second-order valence-electron chi connectivity index (χ2n) is 3.09. The van der Waals surface area contributed by atoms with Gasteiger partial charge in [0.1, 0.15) is 12.1 Å². The Morgan fingerprint density at radius 1 is 1.44 bits per heavy atom. The first-order chi connectivity index (χ1) is 7.65. The van der Waals surface area contributed by atoms with E-state index < -0.39 is 5.82 Å². The van der Waals surface area contributed by atoms with Gasteiger partial charge in [-0.05, 0) is 22.4 Å². The summed E-state index contributed by atoms with van der Waals surface area (Å²) < 4.78 is 24.3. The molecule has 0 aliphatic rings. The molecule has 88 valence electrons. The molecule has 5 heteroatoms.